The van der Waals surface area contributed by atoms with Gasteiger partial charge < -0.3 is 21.7 Å². The van der Waals surface area contributed by atoms with Gasteiger partial charge in [-0.3, -0.25) is 4.98 Å². The maximum Gasteiger partial charge on any atom is 0.116 e. The molecule has 0 radical (unpaired) electrons. The molecule has 0 N–H and O–H groups in total. The number of rotatable bonds is 7. The summed E-state index contributed by atoms with van der Waals surface area (Å²) in [4.78, 5) is 4.96. The first-order chi connectivity index (χ1) is 15.6. The minimum Gasteiger partial charge on any atom is -1.00 e. The predicted molar refractivity (Wildman–Crippen MR) is 138 cm³/mol. The highest BCUT2D eigenvalue weighted by atomic mass is 79.9. The van der Waals surface area contributed by atoms with Gasteiger partial charge in [-0.15, -0.1) is 0 Å². The van der Waals surface area contributed by atoms with Gasteiger partial charge in [0.2, 0.25) is 0 Å². The number of nitrogens with zero attached hydrogens (tertiary/aromatic N) is 1. The van der Waals surface area contributed by atoms with Gasteiger partial charge in [0.15, 0.2) is 0 Å². The lowest BCUT2D eigenvalue weighted by Gasteiger charge is -2.29. The number of methoxy groups -OCH3 is 1. The SMILES string of the molecule is COCc1c(C)nc(C)c(C[P+](c2ccccc2)(c2ccccc2)c2ccccc2)c1C.[Br-]. The monoisotopic (exact) mass is 519 g/mol. The second-order valence-electron chi connectivity index (χ2n) is 8.27. The number of benzene rings is 3. The number of aryl methyl sites for hydroxylation is 2. The van der Waals surface area contributed by atoms with E-state index in [-0.39, 0.29) is 17.0 Å². The van der Waals surface area contributed by atoms with Crippen LogP contribution in [-0.2, 0) is 17.5 Å². The highest BCUT2D eigenvalue weighted by molar-refractivity contribution is 7.95. The van der Waals surface area contributed by atoms with E-state index in [1.54, 1.807) is 7.11 Å². The van der Waals surface area contributed by atoms with Crippen molar-refractivity contribution in [1.29, 1.82) is 0 Å². The number of hydrogen-bond donors (Lipinski definition) is 0. The molecule has 3 aromatic carbocycles. The summed E-state index contributed by atoms with van der Waals surface area (Å²) < 4.78 is 5.54. The van der Waals surface area contributed by atoms with Crippen LogP contribution in [0.1, 0.15) is 28.1 Å². The van der Waals surface area contributed by atoms with Crippen molar-refractivity contribution in [2.75, 3.05) is 7.11 Å². The van der Waals surface area contributed by atoms with Crippen LogP contribution in [0.2, 0.25) is 0 Å². The van der Waals surface area contributed by atoms with Crippen molar-refractivity contribution in [3.05, 3.63) is 119 Å². The lowest BCUT2D eigenvalue weighted by molar-refractivity contribution is -0.00000695. The van der Waals surface area contributed by atoms with E-state index in [1.165, 1.54) is 32.6 Å². The second kappa shape index (κ2) is 11.2. The Kier molecular flexibility index (Phi) is 8.59. The fourth-order valence-electron chi connectivity index (χ4n) is 4.71. The molecule has 0 atom stereocenters. The highest BCUT2D eigenvalue weighted by Crippen LogP contribution is 2.58. The van der Waals surface area contributed by atoms with Crippen molar-refractivity contribution in [2.24, 2.45) is 0 Å². The van der Waals surface area contributed by atoms with Crippen LogP contribution in [0.5, 0.6) is 0 Å². The zero-order valence-electron chi connectivity index (χ0n) is 19.8. The van der Waals surface area contributed by atoms with Crippen LogP contribution in [0, 0.1) is 20.8 Å². The van der Waals surface area contributed by atoms with E-state index in [1.807, 2.05) is 0 Å². The summed E-state index contributed by atoms with van der Waals surface area (Å²) in [5.41, 5.74) is 6.04. The molecule has 0 saturated heterocycles. The van der Waals surface area contributed by atoms with Gasteiger partial charge in [0.05, 0.1) is 6.61 Å². The summed E-state index contributed by atoms with van der Waals surface area (Å²) in [6, 6.07) is 33.1. The molecule has 0 spiro atoms. The Balaban J connectivity index is 0.00000306. The molecular formula is C29H31BrNOP. The van der Waals surface area contributed by atoms with E-state index < -0.39 is 7.26 Å². The smallest absolute Gasteiger partial charge is 0.116 e. The molecule has 0 fully saturated rings. The molecular weight excluding hydrogens is 489 g/mol. The first kappa shape index (κ1) is 25.3. The summed E-state index contributed by atoms with van der Waals surface area (Å²) >= 11 is 0. The van der Waals surface area contributed by atoms with Crippen molar-refractivity contribution in [3.63, 3.8) is 0 Å². The Labute approximate surface area is 209 Å². The average Bonchev–Trinajstić information content (AvgIpc) is 2.84. The zero-order chi connectivity index (χ0) is 22.6. The van der Waals surface area contributed by atoms with E-state index >= 15 is 0 Å². The van der Waals surface area contributed by atoms with E-state index in [2.05, 4.69) is 112 Å². The summed E-state index contributed by atoms with van der Waals surface area (Å²) in [6.45, 7) is 7.07. The van der Waals surface area contributed by atoms with Gasteiger partial charge in [0.25, 0.3) is 0 Å². The van der Waals surface area contributed by atoms with Crippen molar-refractivity contribution < 1.29 is 21.7 Å². The summed E-state index contributed by atoms with van der Waals surface area (Å²) in [5, 5.41) is 4.18. The van der Waals surface area contributed by atoms with Crippen LogP contribution in [-0.4, -0.2) is 12.1 Å². The molecule has 0 aliphatic carbocycles. The molecule has 0 amide bonds. The van der Waals surface area contributed by atoms with Gasteiger partial charge >= 0.3 is 0 Å². The lowest BCUT2D eigenvalue weighted by atomic mass is 10.0. The number of pyridine rings is 1. The Morgan fingerprint density at radius 1 is 0.636 bits per heavy atom. The number of aromatic nitrogens is 1. The number of ether oxygens (including phenoxy) is 1. The Hall–Kier alpha value is -2.32. The summed E-state index contributed by atoms with van der Waals surface area (Å²) in [6.07, 6.45) is 0.937. The lowest BCUT2D eigenvalue weighted by Crippen LogP contribution is -3.00. The third-order valence-corrected chi connectivity index (χ3v) is 10.7. The van der Waals surface area contributed by atoms with Crippen molar-refractivity contribution in [1.82, 2.24) is 4.98 Å². The van der Waals surface area contributed by atoms with E-state index in [4.69, 9.17) is 9.72 Å². The van der Waals surface area contributed by atoms with E-state index in [9.17, 15) is 0 Å². The summed E-state index contributed by atoms with van der Waals surface area (Å²) in [5.74, 6) is 0. The Bertz CT molecular complexity index is 1080. The minimum atomic E-state index is -1.96. The third-order valence-electron chi connectivity index (χ3n) is 6.39. The van der Waals surface area contributed by atoms with Crippen molar-refractivity contribution in [3.8, 4) is 0 Å². The van der Waals surface area contributed by atoms with E-state index in [0.29, 0.717) is 6.61 Å². The van der Waals surface area contributed by atoms with Crippen molar-refractivity contribution >= 4 is 23.2 Å². The van der Waals surface area contributed by atoms with E-state index in [0.717, 1.165) is 17.5 Å². The maximum absolute atomic E-state index is 5.54. The molecule has 0 aliphatic heterocycles. The van der Waals surface area contributed by atoms with Gasteiger partial charge in [-0.25, -0.2) is 0 Å². The topological polar surface area (TPSA) is 22.1 Å². The van der Waals surface area contributed by atoms with Gasteiger partial charge in [-0.05, 0) is 62.7 Å². The second-order valence-corrected chi connectivity index (χ2v) is 11.8. The molecule has 0 aliphatic rings. The molecule has 170 valence electrons. The van der Waals surface area contributed by atoms with Crippen LogP contribution in [0.4, 0.5) is 0 Å². The molecule has 4 rings (SSSR count). The van der Waals surface area contributed by atoms with Gasteiger partial charge in [-0.2, -0.15) is 0 Å². The number of halogens is 1. The third kappa shape index (κ3) is 4.96. The molecule has 2 nitrogen and oxygen atoms in total. The van der Waals surface area contributed by atoms with Crippen LogP contribution < -0.4 is 32.9 Å². The number of hydrogen-bond acceptors (Lipinski definition) is 2. The van der Waals surface area contributed by atoms with Gasteiger partial charge in [0.1, 0.15) is 29.3 Å². The standard InChI is InChI=1S/C29H31NOP.BrH/c1-22-28(20-31-4)23(2)30-24(3)29(22)21-32(25-14-8-5-9-15-25,26-16-10-6-11-17-26)27-18-12-7-13-19-27;/h5-19H,20-21H2,1-4H3;1H/q+1;/p-1. The van der Waals surface area contributed by atoms with Gasteiger partial charge in [0, 0.05) is 29.6 Å². The quantitative estimate of drug-likeness (QED) is 0.350. The fraction of sp³-hybridized carbons (Fsp3) is 0.207. The fourth-order valence-corrected chi connectivity index (χ4v) is 9.13. The molecule has 1 heterocycles. The largest absolute Gasteiger partial charge is 1.00 e. The van der Waals surface area contributed by atoms with Crippen LogP contribution >= 0.6 is 7.26 Å². The molecule has 1 aromatic heterocycles. The highest BCUT2D eigenvalue weighted by Gasteiger charge is 2.46. The maximum atomic E-state index is 5.54. The predicted octanol–water partition coefficient (Wildman–Crippen LogP) is 2.65. The first-order valence-electron chi connectivity index (χ1n) is 11.1. The molecule has 4 aromatic rings. The zero-order valence-corrected chi connectivity index (χ0v) is 22.2. The first-order valence-corrected chi connectivity index (χ1v) is 13.0. The molecule has 0 unspecified atom stereocenters. The summed E-state index contributed by atoms with van der Waals surface area (Å²) in [7, 11) is -0.206. The minimum absolute atomic E-state index is 0. The van der Waals surface area contributed by atoms with Crippen molar-refractivity contribution in [2.45, 2.75) is 33.5 Å². The van der Waals surface area contributed by atoms with Crippen LogP contribution in [0.15, 0.2) is 91.0 Å². The molecule has 0 saturated carbocycles. The average molecular weight is 520 g/mol. The van der Waals surface area contributed by atoms with Crippen LogP contribution in [0.25, 0.3) is 0 Å². The molecule has 0 bridgehead atoms. The molecule has 4 heteroatoms. The Morgan fingerprint density at radius 3 is 1.42 bits per heavy atom. The Morgan fingerprint density at radius 2 is 1.03 bits per heavy atom. The normalized spacial score (nSPS) is 11.2. The molecule has 33 heavy (non-hydrogen) atoms. The van der Waals surface area contributed by atoms with Crippen LogP contribution in [0.3, 0.4) is 0 Å². The van der Waals surface area contributed by atoms with Gasteiger partial charge in [-0.1, -0.05) is 54.6 Å².